The number of benzene rings is 1. The van der Waals surface area contributed by atoms with Crippen LogP contribution in [-0.4, -0.2) is 55.6 Å². The number of carbonyl (C=O) groups excluding carboxylic acids is 2. The lowest BCUT2D eigenvalue weighted by molar-refractivity contribution is -0.120. The molecule has 2 aromatic rings. The number of hydrogen-bond acceptors (Lipinski definition) is 5. The molecule has 30 heavy (non-hydrogen) atoms. The third-order valence-corrected chi connectivity index (χ3v) is 8.55. The quantitative estimate of drug-likeness (QED) is 0.703. The van der Waals surface area contributed by atoms with Crippen molar-refractivity contribution in [3.05, 3.63) is 47.3 Å². The van der Waals surface area contributed by atoms with Crippen LogP contribution in [0.4, 0.5) is 5.69 Å². The van der Waals surface area contributed by atoms with E-state index < -0.39 is 15.9 Å². The first-order valence-electron chi connectivity index (χ1n) is 10.1. The van der Waals surface area contributed by atoms with Crippen LogP contribution in [0.1, 0.15) is 37.0 Å². The minimum Gasteiger partial charge on any atom is -0.339 e. The molecule has 162 valence electrons. The summed E-state index contributed by atoms with van der Waals surface area (Å²) in [6, 6.07) is 10.2. The first-order chi connectivity index (χ1) is 14.4. The standard InChI is InChI=1S/C21H27N3O4S2/c1-3-23(4-2)21(26)17-10-5-6-11-18(17)22-20(25)16-9-7-13-24(15-16)30(27,28)19-12-8-14-29-19/h5-6,8,10-12,14,16H,3-4,7,9,13,15H2,1-2H3,(H,22,25)/t16-/m0/s1. The highest BCUT2D eigenvalue weighted by Crippen LogP contribution is 2.27. The number of amides is 2. The molecule has 3 rings (SSSR count). The third kappa shape index (κ3) is 4.74. The fourth-order valence-electron chi connectivity index (χ4n) is 3.61. The van der Waals surface area contributed by atoms with Gasteiger partial charge in [0.05, 0.1) is 17.2 Å². The molecule has 2 amide bonds. The molecule has 0 unspecified atom stereocenters. The van der Waals surface area contributed by atoms with Gasteiger partial charge in [0.15, 0.2) is 0 Å². The first-order valence-corrected chi connectivity index (χ1v) is 12.4. The molecular formula is C21H27N3O4S2. The predicted octanol–water partition coefficient (Wildman–Crippen LogP) is 3.27. The Balaban J connectivity index is 1.75. The van der Waals surface area contributed by atoms with Gasteiger partial charge in [-0.1, -0.05) is 18.2 Å². The third-order valence-electron chi connectivity index (χ3n) is 5.31. The maximum absolute atomic E-state index is 13.0. The van der Waals surface area contributed by atoms with Crippen LogP contribution in [-0.2, 0) is 14.8 Å². The van der Waals surface area contributed by atoms with Crippen molar-refractivity contribution in [2.45, 2.75) is 30.9 Å². The van der Waals surface area contributed by atoms with Gasteiger partial charge >= 0.3 is 0 Å². The molecule has 9 heteroatoms. The van der Waals surface area contributed by atoms with Crippen molar-refractivity contribution in [3.63, 3.8) is 0 Å². The largest absolute Gasteiger partial charge is 0.339 e. The molecule has 7 nitrogen and oxygen atoms in total. The molecule has 0 aliphatic carbocycles. The normalized spacial score (nSPS) is 17.5. The van der Waals surface area contributed by atoms with Gasteiger partial charge in [-0.2, -0.15) is 4.31 Å². The summed E-state index contributed by atoms with van der Waals surface area (Å²) in [6.45, 7) is 5.52. The molecule has 1 aliphatic rings. The zero-order valence-electron chi connectivity index (χ0n) is 17.2. The van der Waals surface area contributed by atoms with Crippen LogP contribution < -0.4 is 5.32 Å². The number of rotatable bonds is 7. The van der Waals surface area contributed by atoms with Crippen molar-refractivity contribution >= 4 is 38.9 Å². The maximum atomic E-state index is 13.0. The molecule has 0 saturated carbocycles. The Morgan fingerprint density at radius 2 is 1.90 bits per heavy atom. The van der Waals surface area contributed by atoms with Crippen LogP contribution in [0.3, 0.4) is 0 Å². The number of nitrogens with one attached hydrogen (secondary N) is 1. The molecule has 1 atom stereocenters. The van der Waals surface area contributed by atoms with E-state index in [1.165, 1.54) is 15.6 Å². The van der Waals surface area contributed by atoms with Crippen LogP contribution in [0.25, 0.3) is 0 Å². The zero-order chi connectivity index (χ0) is 21.7. The summed E-state index contributed by atoms with van der Waals surface area (Å²) >= 11 is 1.18. The molecule has 0 bridgehead atoms. The molecule has 0 spiro atoms. The summed E-state index contributed by atoms with van der Waals surface area (Å²) in [7, 11) is -3.59. The summed E-state index contributed by atoms with van der Waals surface area (Å²) in [4.78, 5) is 27.4. The Kier molecular flexibility index (Phi) is 7.27. The number of sulfonamides is 1. The van der Waals surface area contributed by atoms with Gasteiger partial charge in [0.25, 0.3) is 15.9 Å². The number of thiophene rings is 1. The Hall–Kier alpha value is -2.23. The molecule has 1 fully saturated rings. The molecule has 1 N–H and O–H groups in total. The smallest absolute Gasteiger partial charge is 0.255 e. The molecule has 1 aromatic carbocycles. The predicted molar refractivity (Wildman–Crippen MR) is 118 cm³/mol. The van der Waals surface area contributed by atoms with E-state index in [0.29, 0.717) is 47.9 Å². The van der Waals surface area contributed by atoms with E-state index in [1.807, 2.05) is 13.8 Å². The summed E-state index contributed by atoms with van der Waals surface area (Å²) in [5.41, 5.74) is 0.895. The summed E-state index contributed by atoms with van der Waals surface area (Å²) < 4.78 is 27.3. The van der Waals surface area contributed by atoms with E-state index in [-0.39, 0.29) is 18.4 Å². The topological polar surface area (TPSA) is 86.8 Å². The first kappa shape index (κ1) is 22.5. The minimum absolute atomic E-state index is 0.137. The highest BCUT2D eigenvalue weighted by molar-refractivity contribution is 7.91. The van der Waals surface area contributed by atoms with Gasteiger partial charge in [0, 0.05) is 26.2 Å². The van der Waals surface area contributed by atoms with Crippen molar-refractivity contribution in [2.24, 2.45) is 5.92 Å². The second kappa shape index (κ2) is 9.72. The minimum atomic E-state index is -3.59. The summed E-state index contributed by atoms with van der Waals surface area (Å²) in [6.07, 6.45) is 1.22. The molecule has 0 radical (unpaired) electrons. The van der Waals surface area contributed by atoms with Crippen molar-refractivity contribution in [2.75, 3.05) is 31.5 Å². The lowest BCUT2D eigenvalue weighted by Crippen LogP contribution is -2.43. The number of anilines is 1. The van der Waals surface area contributed by atoms with E-state index in [4.69, 9.17) is 0 Å². The van der Waals surface area contributed by atoms with Gasteiger partial charge in [-0.3, -0.25) is 9.59 Å². The molecule has 1 aliphatic heterocycles. The number of nitrogens with zero attached hydrogens (tertiary/aromatic N) is 2. The van der Waals surface area contributed by atoms with Crippen LogP contribution in [0.5, 0.6) is 0 Å². The second-order valence-electron chi connectivity index (χ2n) is 7.15. The van der Waals surface area contributed by atoms with E-state index in [9.17, 15) is 18.0 Å². The number of carbonyl (C=O) groups is 2. The second-order valence-corrected chi connectivity index (χ2v) is 10.3. The van der Waals surface area contributed by atoms with Crippen molar-refractivity contribution in [1.29, 1.82) is 0 Å². The summed E-state index contributed by atoms with van der Waals surface area (Å²) in [5.74, 6) is -0.868. The number of para-hydroxylation sites is 1. The van der Waals surface area contributed by atoms with Gasteiger partial charge in [0.1, 0.15) is 4.21 Å². The van der Waals surface area contributed by atoms with Crippen LogP contribution >= 0.6 is 11.3 Å². The Morgan fingerprint density at radius 3 is 2.57 bits per heavy atom. The fourth-order valence-corrected chi connectivity index (χ4v) is 6.28. The van der Waals surface area contributed by atoms with Crippen molar-refractivity contribution in [1.82, 2.24) is 9.21 Å². The SMILES string of the molecule is CCN(CC)C(=O)c1ccccc1NC(=O)[C@H]1CCCN(S(=O)(=O)c2cccs2)C1. The number of hydrogen-bond donors (Lipinski definition) is 1. The lowest BCUT2D eigenvalue weighted by Gasteiger charge is -2.31. The van der Waals surface area contributed by atoms with Crippen molar-refractivity contribution in [3.8, 4) is 0 Å². The highest BCUT2D eigenvalue weighted by atomic mass is 32.2. The average molecular weight is 450 g/mol. The molecule has 1 aromatic heterocycles. The molecule has 1 saturated heterocycles. The fraction of sp³-hybridized carbons (Fsp3) is 0.429. The lowest BCUT2D eigenvalue weighted by atomic mass is 9.98. The van der Waals surface area contributed by atoms with E-state index in [0.717, 1.165) is 0 Å². The van der Waals surface area contributed by atoms with E-state index in [1.54, 1.807) is 46.7 Å². The van der Waals surface area contributed by atoms with Crippen LogP contribution in [0.2, 0.25) is 0 Å². The summed E-state index contributed by atoms with van der Waals surface area (Å²) in [5, 5.41) is 4.59. The Morgan fingerprint density at radius 1 is 1.17 bits per heavy atom. The molecular weight excluding hydrogens is 422 g/mol. The molecule has 2 heterocycles. The van der Waals surface area contributed by atoms with Gasteiger partial charge in [0.2, 0.25) is 5.91 Å². The van der Waals surface area contributed by atoms with E-state index in [2.05, 4.69) is 5.32 Å². The zero-order valence-corrected chi connectivity index (χ0v) is 18.8. The maximum Gasteiger partial charge on any atom is 0.255 e. The van der Waals surface area contributed by atoms with Crippen molar-refractivity contribution < 1.29 is 18.0 Å². The van der Waals surface area contributed by atoms with E-state index >= 15 is 0 Å². The van der Waals surface area contributed by atoms with Gasteiger partial charge in [-0.25, -0.2) is 8.42 Å². The number of piperidine rings is 1. The van der Waals surface area contributed by atoms with Crippen LogP contribution in [0, 0.1) is 5.92 Å². The Bertz CT molecular complexity index is 985. The van der Waals surface area contributed by atoms with Gasteiger partial charge < -0.3 is 10.2 Å². The monoisotopic (exact) mass is 449 g/mol. The average Bonchev–Trinajstić information content (AvgIpc) is 3.31. The van der Waals surface area contributed by atoms with Gasteiger partial charge in [-0.15, -0.1) is 11.3 Å². The van der Waals surface area contributed by atoms with Crippen LogP contribution in [0.15, 0.2) is 46.0 Å². The van der Waals surface area contributed by atoms with Gasteiger partial charge in [-0.05, 0) is 50.3 Å². The Labute approximate surface area is 181 Å². The highest BCUT2D eigenvalue weighted by Gasteiger charge is 2.34.